The number of carbonyl (C=O) groups excluding carboxylic acids is 1. The molecule has 0 spiro atoms. The Hall–Kier alpha value is -3.35. The lowest BCUT2D eigenvalue weighted by Crippen LogP contribution is -2.47. The summed E-state index contributed by atoms with van der Waals surface area (Å²) < 4.78 is 0. The molecule has 3 heterocycles. The number of Topliss-reactive ketones (excluding diaryl/α,β-unsaturated/α-hetero) is 1. The van der Waals surface area contributed by atoms with Gasteiger partial charge in [-0.25, -0.2) is 9.97 Å². The van der Waals surface area contributed by atoms with E-state index in [0.717, 1.165) is 49.1 Å². The molecule has 1 aromatic carbocycles. The van der Waals surface area contributed by atoms with Gasteiger partial charge in [0, 0.05) is 49.7 Å². The smallest absolute Gasteiger partial charge is 0.159 e. The Morgan fingerprint density at radius 3 is 2.37 bits per heavy atom. The van der Waals surface area contributed by atoms with Crippen molar-refractivity contribution in [1.29, 1.82) is 0 Å². The number of anilines is 2. The number of aromatic nitrogens is 4. The van der Waals surface area contributed by atoms with Gasteiger partial charge in [-0.15, -0.1) is 0 Å². The summed E-state index contributed by atoms with van der Waals surface area (Å²) in [6.07, 6.45) is 8.71. The molecule has 0 amide bonds. The maximum Gasteiger partial charge on any atom is 0.159 e. The van der Waals surface area contributed by atoms with Gasteiger partial charge in [0.25, 0.3) is 0 Å². The second kappa shape index (κ2) is 7.49. The molecule has 1 aliphatic heterocycles. The zero-order valence-corrected chi connectivity index (χ0v) is 15.1. The second-order valence-electron chi connectivity index (χ2n) is 6.44. The van der Waals surface area contributed by atoms with Crippen molar-refractivity contribution in [2.75, 3.05) is 36.0 Å². The Morgan fingerprint density at radius 1 is 0.926 bits per heavy atom. The van der Waals surface area contributed by atoms with Crippen LogP contribution in [0.3, 0.4) is 0 Å². The fourth-order valence-corrected chi connectivity index (χ4v) is 3.16. The first-order chi connectivity index (χ1) is 13.2. The van der Waals surface area contributed by atoms with Crippen LogP contribution < -0.4 is 9.80 Å². The number of hydrogen-bond acceptors (Lipinski definition) is 7. The molecule has 0 radical (unpaired) electrons. The Balaban J connectivity index is 1.50. The van der Waals surface area contributed by atoms with Crippen molar-refractivity contribution >= 4 is 17.4 Å². The van der Waals surface area contributed by atoms with E-state index < -0.39 is 0 Å². The van der Waals surface area contributed by atoms with Crippen LogP contribution in [-0.4, -0.2) is 51.9 Å². The van der Waals surface area contributed by atoms with E-state index in [4.69, 9.17) is 4.98 Å². The average Bonchev–Trinajstić information content (AvgIpc) is 2.75. The monoisotopic (exact) mass is 360 g/mol. The summed E-state index contributed by atoms with van der Waals surface area (Å²) in [5, 5.41) is 0. The maximum absolute atomic E-state index is 11.6. The Morgan fingerprint density at radius 2 is 1.67 bits per heavy atom. The molecule has 136 valence electrons. The molecule has 7 nitrogen and oxygen atoms in total. The highest BCUT2D eigenvalue weighted by molar-refractivity contribution is 5.95. The lowest BCUT2D eigenvalue weighted by atomic mass is 10.1. The molecular formula is C20H20N6O. The number of hydrogen-bond donors (Lipinski definition) is 0. The molecule has 0 saturated carbocycles. The van der Waals surface area contributed by atoms with E-state index in [1.807, 2.05) is 24.3 Å². The number of nitrogens with zero attached hydrogens (tertiary/aromatic N) is 6. The minimum atomic E-state index is 0.0427. The van der Waals surface area contributed by atoms with Crippen molar-refractivity contribution in [2.24, 2.45) is 0 Å². The molecule has 0 unspecified atom stereocenters. The summed E-state index contributed by atoms with van der Waals surface area (Å²) in [7, 11) is 0. The first-order valence-corrected chi connectivity index (χ1v) is 8.90. The Labute approximate surface area is 157 Å². The summed E-state index contributed by atoms with van der Waals surface area (Å²) in [5.41, 5.74) is 2.35. The van der Waals surface area contributed by atoms with Gasteiger partial charge in [0.05, 0.1) is 24.3 Å². The molecule has 1 fully saturated rings. The zero-order chi connectivity index (χ0) is 18.6. The summed E-state index contributed by atoms with van der Waals surface area (Å²) in [6, 6.07) is 7.50. The van der Waals surface area contributed by atoms with E-state index in [1.165, 1.54) is 0 Å². The van der Waals surface area contributed by atoms with Gasteiger partial charge in [-0.1, -0.05) is 18.2 Å². The first-order valence-electron chi connectivity index (χ1n) is 8.90. The summed E-state index contributed by atoms with van der Waals surface area (Å²) in [6.45, 7) is 4.94. The van der Waals surface area contributed by atoms with Gasteiger partial charge < -0.3 is 9.80 Å². The highest BCUT2D eigenvalue weighted by atomic mass is 16.1. The Bertz CT molecular complexity index is 938. The van der Waals surface area contributed by atoms with Gasteiger partial charge in [-0.2, -0.15) is 0 Å². The fraction of sp³-hybridized carbons (Fsp3) is 0.250. The molecule has 4 rings (SSSR count). The summed E-state index contributed by atoms with van der Waals surface area (Å²) >= 11 is 0. The van der Waals surface area contributed by atoms with Crippen LogP contribution in [0.4, 0.5) is 11.6 Å². The molecule has 7 heteroatoms. The third-order valence-electron chi connectivity index (χ3n) is 4.66. The molecule has 27 heavy (non-hydrogen) atoms. The molecule has 0 N–H and O–H groups in total. The van der Waals surface area contributed by atoms with Gasteiger partial charge in [0.15, 0.2) is 5.78 Å². The normalized spacial score (nSPS) is 14.3. The lowest BCUT2D eigenvalue weighted by Gasteiger charge is -2.35. The van der Waals surface area contributed by atoms with E-state index in [2.05, 4.69) is 24.8 Å². The summed E-state index contributed by atoms with van der Waals surface area (Å²) in [4.78, 5) is 33.7. The van der Waals surface area contributed by atoms with Crippen LogP contribution in [0.1, 0.15) is 17.3 Å². The third kappa shape index (κ3) is 3.76. The minimum absolute atomic E-state index is 0.0427. The lowest BCUT2D eigenvalue weighted by molar-refractivity contribution is 0.101. The minimum Gasteiger partial charge on any atom is -0.352 e. The van der Waals surface area contributed by atoms with Crippen LogP contribution in [0.2, 0.25) is 0 Å². The highest BCUT2D eigenvalue weighted by Crippen LogP contribution is 2.22. The molecule has 2 aromatic heterocycles. The van der Waals surface area contributed by atoms with Crippen LogP contribution in [0.5, 0.6) is 0 Å². The van der Waals surface area contributed by atoms with Crippen LogP contribution in [0.15, 0.2) is 55.2 Å². The van der Waals surface area contributed by atoms with Crippen molar-refractivity contribution in [3.8, 4) is 11.3 Å². The van der Waals surface area contributed by atoms with Gasteiger partial charge in [0.2, 0.25) is 0 Å². The standard InChI is InChI=1S/C20H20N6O/c1-15(27)16-3-2-4-17(11-16)18-12-22-14-20(24-18)26-9-7-25(8-10-26)19-13-21-5-6-23-19/h2-6,11-14H,7-10H2,1H3. The van der Waals surface area contributed by atoms with E-state index in [-0.39, 0.29) is 5.78 Å². The predicted molar refractivity (Wildman–Crippen MR) is 104 cm³/mol. The molecule has 3 aromatic rings. The predicted octanol–water partition coefficient (Wildman–Crippen LogP) is 2.46. The summed E-state index contributed by atoms with van der Waals surface area (Å²) in [5.74, 6) is 1.79. The van der Waals surface area contributed by atoms with Gasteiger partial charge in [-0.05, 0) is 13.0 Å². The van der Waals surface area contributed by atoms with Crippen molar-refractivity contribution in [2.45, 2.75) is 6.92 Å². The van der Waals surface area contributed by atoms with Crippen LogP contribution in [0.25, 0.3) is 11.3 Å². The third-order valence-corrected chi connectivity index (χ3v) is 4.66. The van der Waals surface area contributed by atoms with Crippen molar-refractivity contribution in [3.63, 3.8) is 0 Å². The molecule has 1 saturated heterocycles. The van der Waals surface area contributed by atoms with Crippen LogP contribution in [0, 0.1) is 0 Å². The quantitative estimate of drug-likeness (QED) is 0.662. The largest absolute Gasteiger partial charge is 0.352 e. The number of piperazine rings is 1. The average molecular weight is 360 g/mol. The molecular weight excluding hydrogens is 340 g/mol. The number of rotatable bonds is 4. The molecule has 0 bridgehead atoms. The first kappa shape index (κ1) is 17.1. The van der Waals surface area contributed by atoms with Crippen LogP contribution >= 0.6 is 0 Å². The topological polar surface area (TPSA) is 75.1 Å². The Kier molecular flexibility index (Phi) is 4.74. The second-order valence-corrected chi connectivity index (χ2v) is 6.44. The maximum atomic E-state index is 11.6. The fourth-order valence-electron chi connectivity index (χ4n) is 3.16. The number of ketones is 1. The zero-order valence-electron chi connectivity index (χ0n) is 15.1. The number of carbonyl (C=O) groups is 1. The number of benzene rings is 1. The molecule has 0 aliphatic carbocycles. The SMILES string of the molecule is CC(=O)c1cccc(-c2cncc(N3CCN(c4cnccn4)CC3)n2)c1. The van der Waals surface area contributed by atoms with Crippen LogP contribution in [-0.2, 0) is 0 Å². The van der Waals surface area contributed by atoms with Gasteiger partial charge >= 0.3 is 0 Å². The van der Waals surface area contributed by atoms with E-state index in [1.54, 1.807) is 37.9 Å². The molecule has 0 atom stereocenters. The highest BCUT2D eigenvalue weighted by Gasteiger charge is 2.19. The van der Waals surface area contributed by atoms with E-state index in [9.17, 15) is 4.79 Å². The van der Waals surface area contributed by atoms with Crippen molar-refractivity contribution in [1.82, 2.24) is 19.9 Å². The van der Waals surface area contributed by atoms with Gasteiger partial charge in [0.1, 0.15) is 11.6 Å². The van der Waals surface area contributed by atoms with E-state index in [0.29, 0.717) is 5.56 Å². The van der Waals surface area contributed by atoms with Gasteiger partial charge in [-0.3, -0.25) is 14.8 Å². The van der Waals surface area contributed by atoms with Crippen molar-refractivity contribution < 1.29 is 4.79 Å². The molecule has 1 aliphatic rings. The van der Waals surface area contributed by atoms with E-state index >= 15 is 0 Å². The van der Waals surface area contributed by atoms with Crippen molar-refractivity contribution in [3.05, 3.63) is 60.8 Å².